The molecule has 1 aromatic heterocycles. The maximum atomic E-state index is 12.6. The topological polar surface area (TPSA) is 79.7 Å². The number of ether oxygens (including phenoxy) is 1. The Bertz CT molecular complexity index is 1040. The molecule has 1 aliphatic heterocycles. The van der Waals surface area contributed by atoms with E-state index in [1.807, 2.05) is 45.0 Å². The summed E-state index contributed by atoms with van der Waals surface area (Å²) in [6.07, 6.45) is 4.71. The van der Waals surface area contributed by atoms with Gasteiger partial charge in [0.1, 0.15) is 5.60 Å². The third-order valence-electron chi connectivity index (χ3n) is 6.53. The third kappa shape index (κ3) is 5.60. The molecule has 0 radical (unpaired) electrons. The van der Waals surface area contributed by atoms with Crippen molar-refractivity contribution in [3.05, 3.63) is 41.7 Å². The molecule has 2 saturated carbocycles. The van der Waals surface area contributed by atoms with Gasteiger partial charge in [-0.05, 0) is 76.8 Å². The zero-order chi connectivity index (χ0) is 23.9. The molecule has 0 spiro atoms. The van der Waals surface area contributed by atoms with Crippen LogP contribution in [0.4, 0.5) is 10.5 Å². The Labute approximate surface area is 201 Å². The van der Waals surface area contributed by atoms with Crippen LogP contribution < -0.4 is 5.32 Å². The summed E-state index contributed by atoms with van der Waals surface area (Å²) in [7, 11) is 0. The van der Waals surface area contributed by atoms with E-state index in [4.69, 9.17) is 9.84 Å². The van der Waals surface area contributed by atoms with Gasteiger partial charge in [0.15, 0.2) is 0 Å². The first kappa shape index (κ1) is 22.9. The number of rotatable bonds is 6. The second-order valence-electron chi connectivity index (χ2n) is 10.8. The van der Waals surface area contributed by atoms with Crippen LogP contribution in [0.2, 0.25) is 0 Å². The van der Waals surface area contributed by atoms with E-state index in [1.54, 1.807) is 4.90 Å². The number of nitrogens with one attached hydrogen (secondary N) is 1. The largest absolute Gasteiger partial charge is 0.444 e. The van der Waals surface area contributed by atoms with Crippen molar-refractivity contribution in [3.8, 4) is 5.69 Å². The van der Waals surface area contributed by atoms with Crippen LogP contribution >= 0.6 is 0 Å². The smallest absolute Gasteiger partial charge is 0.410 e. The zero-order valence-electron chi connectivity index (χ0n) is 20.4. The number of nitrogens with zero attached hydrogens (tertiary/aromatic N) is 4. The van der Waals surface area contributed by atoms with Crippen LogP contribution in [0.1, 0.15) is 69.7 Å². The highest BCUT2D eigenvalue weighted by molar-refractivity contribution is 5.92. The molecule has 3 fully saturated rings. The minimum atomic E-state index is -0.500. The van der Waals surface area contributed by atoms with Gasteiger partial charge >= 0.3 is 6.09 Å². The van der Waals surface area contributed by atoms with Gasteiger partial charge in [-0.1, -0.05) is 0 Å². The third-order valence-corrected chi connectivity index (χ3v) is 6.53. The summed E-state index contributed by atoms with van der Waals surface area (Å²) in [4.78, 5) is 28.6. The molecule has 3 aliphatic rings. The van der Waals surface area contributed by atoms with E-state index in [0.29, 0.717) is 44.6 Å². The number of hydrogen-bond acceptors (Lipinski definition) is 5. The quantitative estimate of drug-likeness (QED) is 0.694. The van der Waals surface area contributed by atoms with Crippen LogP contribution in [0, 0.1) is 0 Å². The van der Waals surface area contributed by atoms with Crippen molar-refractivity contribution in [1.29, 1.82) is 0 Å². The molecule has 34 heavy (non-hydrogen) atoms. The van der Waals surface area contributed by atoms with Crippen LogP contribution in [-0.2, 0) is 9.53 Å². The van der Waals surface area contributed by atoms with Gasteiger partial charge in [-0.3, -0.25) is 9.69 Å². The average molecular weight is 466 g/mol. The number of benzene rings is 1. The van der Waals surface area contributed by atoms with Gasteiger partial charge in [0, 0.05) is 49.4 Å². The molecule has 0 bridgehead atoms. The number of carbonyl (C=O) groups is 2. The van der Waals surface area contributed by atoms with Crippen LogP contribution in [0.5, 0.6) is 0 Å². The van der Waals surface area contributed by atoms with Gasteiger partial charge in [0.25, 0.3) is 0 Å². The Morgan fingerprint density at radius 3 is 2.24 bits per heavy atom. The minimum Gasteiger partial charge on any atom is -0.444 e. The SMILES string of the molecule is CC(C)(C)OC(=O)N1CCN(CC(=O)Nc2ccc(-n3nc(C4CC4)cc3C3CC3)cc2)CC1. The molecule has 0 atom stereocenters. The number of aromatic nitrogens is 2. The molecular weight excluding hydrogens is 430 g/mol. The Kier molecular flexibility index (Phi) is 6.10. The molecule has 2 amide bonds. The van der Waals surface area contributed by atoms with Crippen molar-refractivity contribution in [1.82, 2.24) is 19.6 Å². The van der Waals surface area contributed by atoms with E-state index in [0.717, 1.165) is 11.4 Å². The lowest BCUT2D eigenvalue weighted by Gasteiger charge is -2.35. The Hall–Kier alpha value is -2.87. The Balaban J connectivity index is 1.13. The molecule has 0 unspecified atom stereocenters. The molecule has 5 rings (SSSR count). The van der Waals surface area contributed by atoms with Crippen LogP contribution in [-0.4, -0.2) is 69.9 Å². The first-order chi connectivity index (χ1) is 16.2. The normalized spacial score (nSPS) is 19.2. The Morgan fingerprint density at radius 1 is 1.00 bits per heavy atom. The van der Waals surface area contributed by atoms with E-state index < -0.39 is 5.60 Å². The fraction of sp³-hybridized carbons (Fsp3) is 0.577. The summed E-state index contributed by atoms with van der Waals surface area (Å²) in [6.45, 7) is 8.33. The Morgan fingerprint density at radius 2 is 1.65 bits per heavy atom. The van der Waals surface area contributed by atoms with Gasteiger partial charge in [-0.2, -0.15) is 5.10 Å². The molecule has 2 heterocycles. The highest BCUT2D eigenvalue weighted by Crippen LogP contribution is 2.45. The van der Waals surface area contributed by atoms with Gasteiger partial charge in [0.2, 0.25) is 5.91 Å². The lowest BCUT2D eigenvalue weighted by molar-refractivity contribution is -0.117. The lowest BCUT2D eigenvalue weighted by atomic mass is 10.2. The molecule has 1 aromatic carbocycles. The predicted molar refractivity (Wildman–Crippen MR) is 130 cm³/mol. The summed E-state index contributed by atoms with van der Waals surface area (Å²) < 4.78 is 7.54. The fourth-order valence-electron chi connectivity index (χ4n) is 4.37. The van der Waals surface area contributed by atoms with Crippen molar-refractivity contribution >= 4 is 17.7 Å². The number of carbonyl (C=O) groups excluding carboxylic acids is 2. The van der Waals surface area contributed by atoms with Crippen molar-refractivity contribution < 1.29 is 14.3 Å². The first-order valence-corrected chi connectivity index (χ1v) is 12.5. The summed E-state index contributed by atoms with van der Waals surface area (Å²) in [5.41, 5.74) is 3.88. The molecule has 2 aliphatic carbocycles. The van der Waals surface area contributed by atoms with Crippen molar-refractivity contribution in [2.45, 2.75) is 63.9 Å². The highest BCUT2D eigenvalue weighted by atomic mass is 16.6. The number of piperazine rings is 1. The average Bonchev–Trinajstić information content (AvgIpc) is 3.72. The minimum absolute atomic E-state index is 0.0488. The number of anilines is 1. The monoisotopic (exact) mass is 465 g/mol. The van der Waals surface area contributed by atoms with E-state index in [2.05, 4.69) is 21.0 Å². The molecule has 8 nitrogen and oxygen atoms in total. The molecule has 8 heteroatoms. The highest BCUT2D eigenvalue weighted by Gasteiger charge is 2.33. The van der Waals surface area contributed by atoms with E-state index in [9.17, 15) is 9.59 Å². The van der Waals surface area contributed by atoms with Crippen LogP contribution in [0.25, 0.3) is 5.69 Å². The summed E-state index contributed by atoms with van der Waals surface area (Å²) in [6, 6.07) is 10.3. The molecule has 1 N–H and O–H groups in total. The predicted octanol–water partition coefficient (Wildman–Crippen LogP) is 4.12. The molecule has 1 saturated heterocycles. The van der Waals surface area contributed by atoms with Gasteiger partial charge in [-0.25, -0.2) is 9.48 Å². The van der Waals surface area contributed by atoms with Crippen molar-refractivity contribution in [2.75, 3.05) is 38.0 Å². The van der Waals surface area contributed by atoms with Crippen molar-refractivity contribution in [3.63, 3.8) is 0 Å². The van der Waals surface area contributed by atoms with E-state index in [1.165, 1.54) is 37.1 Å². The zero-order valence-corrected chi connectivity index (χ0v) is 20.4. The lowest BCUT2D eigenvalue weighted by Crippen LogP contribution is -2.51. The summed E-state index contributed by atoms with van der Waals surface area (Å²) >= 11 is 0. The van der Waals surface area contributed by atoms with Crippen LogP contribution in [0.15, 0.2) is 30.3 Å². The van der Waals surface area contributed by atoms with Crippen LogP contribution in [0.3, 0.4) is 0 Å². The second kappa shape index (κ2) is 9.06. The molecule has 2 aromatic rings. The van der Waals surface area contributed by atoms with Crippen molar-refractivity contribution in [2.24, 2.45) is 0 Å². The van der Waals surface area contributed by atoms with Gasteiger partial charge in [0.05, 0.1) is 17.9 Å². The first-order valence-electron chi connectivity index (χ1n) is 12.5. The van der Waals surface area contributed by atoms with Gasteiger partial charge in [-0.15, -0.1) is 0 Å². The maximum Gasteiger partial charge on any atom is 0.410 e. The molecular formula is C26H35N5O3. The molecule has 182 valence electrons. The second-order valence-corrected chi connectivity index (χ2v) is 10.8. The number of hydrogen-bond donors (Lipinski definition) is 1. The van der Waals surface area contributed by atoms with E-state index >= 15 is 0 Å². The number of amides is 2. The standard InChI is InChI=1S/C26H35N5O3/c1-26(2,3)34-25(33)30-14-12-29(13-15-30)17-24(32)27-20-8-10-21(11-9-20)31-23(19-6-7-19)16-22(28-31)18-4-5-18/h8-11,16,18-19H,4-7,12-15,17H2,1-3H3,(H,27,32). The summed E-state index contributed by atoms with van der Waals surface area (Å²) in [5, 5.41) is 7.90. The van der Waals surface area contributed by atoms with E-state index in [-0.39, 0.29) is 12.0 Å². The van der Waals surface area contributed by atoms with Gasteiger partial charge < -0.3 is 15.0 Å². The maximum absolute atomic E-state index is 12.6. The summed E-state index contributed by atoms with van der Waals surface area (Å²) in [5.74, 6) is 1.23. The fourth-order valence-corrected chi connectivity index (χ4v) is 4.37.